The van der Waals surface area contributed by atoms with Crippen molar-refractivity contribution in [2.75, 3.05) is 13.2 Å². The normalized spacial score (nSPS) is 13.9. The molecule has 3 amide bonds. The Balaban J connectivity index is 3.42. The molecule has 0 aliphatic rings. The number of hydrogen-bond donors (Lipinski definition) is 3. The molecule has 8 heteroatoms. The Bertz CT molecular complexity index is 862. The summed E-state index contributed by atoms with van der Waals surface area (Å²) in [5.74, 6) is -0.948. The van der Waals surface area contributed by atoms with Crippen molar-refractivity contribution in [3.63, 3.8) is 0 Å². The quantitative estimate of drug-likeness (QED) is 0.424. The second-order valence-electron chi connectivity index (χ2n) is 9.62. The van der Waals surface area contributed by atoms with Gasteiger partial charge >= 0.3 is 6.09 Å². The maximum Gasteiger partial charge on any atom is 0.408 e. The van der Waals surface area contributed by atoms with Gasteiger partial charge in [-0.3, -0.25) is 9.59 Å². The highest BCUT2D eigenvalue weighted by Crippen LogP contribution is 2.27. The van der Waals surface area contributed by atoms with Gasteiger partial charge in [0, 0.05) is 12.6 Å². The Morgan fingerprint density at radius 1 is 1.21 bits per heavy atom. The molecule has 0 fully saturated rings. The topological polar surface area (TPSA) is 108 Å². The molecule has 3 N–H and O–H groups in total. The molecule has 1 rings (SSSR count). The molecule has 34 heavy (non-hydrogen) atoms. The fraction of sp³-hybridized carbons (Fsp3) is 0.577. The van der Waals surface area contributed by atoms with Gasteiger partial charge in [0.1, 0.15) is 17.7 Å². The Morgan fingerprint density at radius 2 is 1.85 bits per heavy atom. The molecule has 0 aliphatic carbocycles. The first-order chi connectivity index (χ1) is 15.8. The van der Waals surface area contributed by atoms with Gasteiger partial charge in [0.2, 0.25) is 11.8 Å². The molecule has 190 valence electrons. The van der Waals surface area contributed by atoms with Gasteiger partial charge in [0.25, 0.3) is 0 Å². The number of amides is 3. The van der Waals surface area contributed by atoms with E-state index in [0.717, 1.165) is 24.0 Å². The van der Waals surface area contributed by atoms with Crippen LogP contribution in [-0.4, -0.2) is 58.8 Å². The predicted molar refractivity (Wildman–Crippen MR) is 133 cm³/mol. The molecule has 1 aromatic carbocycles. The second kappa shape index (κ2) is 13.1. The van der Waals surface area contributed by atoms with Crippen LogP contribution in [0.2, 0.25) is 0 Å². The fourth-order valence-corrected chi connectivity index (χ4v) is 3.63. The van der Waals surface area contributed by atoms with Crippen LogP contribution in [0.4, 0.5) is 4.79 Å². The van der Waals surface area contributed by atoms with E-state index < -0.39 is 36.3 Å². The van der Waals surface area contributed by atoms with Crippen LogP contribution in [0.1, 0.15) is 70.2 Å². The third-order valence-electron chi connectivity index (χ3n) is 5.18. The van der Waals surface area contributed by atoms with Gasteiger partial charge in [-0.25, -0.2) is 4.79 Å². The van der Waals surface area contributed by atoms with Crippen molar-refractivity contribution in [1.82, 2.24) is 15.5 Å². The summed E-state index contributed by atoms with van der Waals surface area (Å²) in [6.07, 6.45) is 2.38. The van der Waals surface area contributed by atoms with Crippen LogP contribution in [0.25, 0.3) is 0 Å². The molecule has 0 bridgehead atoms. The van der Waals surface area contributed by atoms with E-state index in [4.69, 9.17) is 4.74 Å². The average Bonchev–Trinajstić information content (AvgIpc) is 2.72. The zero-order chi connectivity index (χ0) is 26.1. The summed E-state index contributed by atoms with van der Waals surface area (Å²) < 4.78 is 5.24. The monoisotopic (exact) mass is 475 g/mol. The standard InChI is InChI=1S/C26H41N3O5/c1-9-11-19(5)27-23(31)22(20-15-17(3)12-13-18(20)4)29(14-10-2)24(32)21(16-30)28-25(33)34-26(6,7)8/h10,12-13,15,19,21-22,30H,2,9,11,14,16H2,1,3-8H3,(H,27,31)(H,28,33). The maximum atomic E-state index is 13.6. The molecule has 8 nitrogen and oxygen atoms in total. The molecule has 0 aromatic heterocycles. The molecule has 1 aromatic rings. The number of nitrogens with one attached hydrogen (secondary N) is 2. The number of ether oxygens (including phenoxy) is 1. The minimum Gasteiger partial charge on any atom is -0.444 e. The van der Waals surface area contributed by atoms with Crippen molar-refractivity contribution in [3.05, 3.63) is 47.5 Å². The van der Waals surface area contributed by atoms with Gasteiger partial charge in [-0.15, -0.1) is 6.58 Å². The number of aryl methyl sites for hydroxylation is 2. The largest absolute Gasteiger partial charge is 0.444 e. The maximum absolute atomic E-state index is 13.6. The number of aliphatic hydroxyl groups is 1. The van der Waals surface area contributed by atoms with E-state index in [9.17, 15) is 19.5 Å². The number of alkyl carbamates (subject to hydrolysis) is 1. The highest BCUT2D eigenvalue weighted by molar-refractivity contribution is 5.92. The van der Waals surface area contributed by atoms with Crippen molar-refractivity contribution in [2.45, 2.75) is 85.0 Å². The summed E-state index contributed by atoms with van der Waals surface area (Å²) in [5.41, 5.74) is 1.68. The van der Waals surface area contributed by atoms with Crippen LogP contribution in [0, 0.1) is 13.8 Å². The SMILES string of the molecule is C=CCN(C(=O)C(CO)NC(=O)OC(C)(C)C)C(C(=O)NC(C)CCC)c1cc(C)ccc1C. The van der Waals surface area contributed by atoms with Gasteiger partial charge in [0.05, 0.1) is 6.61 Å². The van der Waals surface area contributed by atoms with Crippen molar-refractivity contribution >= 4 is 17.9 Å². The molecule has 0 spiro atoms. The van der Waals surface area contributed by atoms with Crippen molar-refractivity contribution < 1.29 is 24.2 Å². The van der Waals surface area contributed by atoms with E-state index in [1.165, 1.54) is 11.0 Å². The van der Waals surface area contributed by atoms with E-state index >= 15 is 0 Å². The molecule has 3 atom stereocenters. The highest BCUT2D eigenvalue weighted by atomic mass is 16.6. The van der Waals surface area contributed by atoms with E-state index in [-0.39, 0.29) is 18.5 Å². The number of nitrogens with zero attached hydrogens (tertiary/aromatic N) is 1. The highest BCUT2D eigenvalue weighted by Gasteiger charge is 2.36. The van der Waals surface area contributed by atoms with Crippen molar-refractivity contribution in [2.24, 2.45) is 0 Å². The Kier molecular flexibility index (Phi) is 11.3. The summed E-state index contributed by atoms with van der Waals surface area (Å²) in [5, 5.41) is 15.4. The lowest BCUT2D eigenvalue weighted by Gasteiger charge is -2.34. The molecule has 3 unspecified atom stereocenters. The first-order valence-electron chi connectivity index (χ1n) is 11.7. The van der Waals surface area contributed by atoms with E-state index in [2.05, 4.69) is 17.2 Å². The Labute approximate surface area is 203 Å². The van der Waals surface area contributed by atoms with Gasteiger partial charge < -0.3 is 25.4 Å². The lowest BCUT2D eigenvalue weighted by Crippen LogP contribution is -2.55. The first kappa shape index (κ1) is 29.2. The smallest absolute Gasteiger partial charge is 0.408 e. The molecule has 0 heterocycles. The van der Waals surface area contributed by atoms with Gasteiger partial charge in [-0.1, -0.05) is 43.2 Å². The lowest BCUT2D eigenvalue weighted by atomic mass is 9.96. The number of aliphatic hydroxyl groups excluding tert-OH is 1. The minimum atomic E-state index is -1.29. The van der Waals surface area contributed by atoms with Crippen LogP contribution < -0.4 is 10.6 Å². The number of rotatable bonds is 11. The molecular formula is C26H41N3O5. The summed E-state index contributed by atoms with van der Waals surface area (Å²) in [4.78, 5) is 40.7. The summed E-state index contributed by atoms with van der Waals surface area (Å²) in [7, 11) is 0. The Hall–Kier alpha value is -2.87. The summed E-state index contributed by atoms with van der Waals surface area (Å²) >= 11 is 0. The summed E-state index contributed by atoms with van der Waals surface area (Å²) in [6.45, 7) is 16.0. The molecule has 0 saturated heterocycles. The third-order valence-corrected chi connectivity index (χ3v) is 5.18. The predicted octanol–water partition coefficient (Wildman–Crippen LogP) is 3.55. The number of carbonyl (C=O) groups is 3. The lowest BCUT2D eigenvalue weighted by molar-refractivity contribution is -0.142. The van der Waals surface area contributed by atoms with Gasteiger partial charge in [-0.05, 0) is 59.1 Å². The minimum absolute atomic E-state index is 0.0406. The van der Waals surface area contributed by atoms with Crippen molar-refractivity contribution in [1.29, 1.82) is 0 Å². The summed E-state index contributed by atoms with van der Waals surface area (Å²) in [6, 6.07) is 3.37. The van der Waals surface area contributed by atoms with Crippen LogP contribution in [-0.2, 0) is 14.3 Å². The number of benzene rings is 1. The number of carbonyl (C=O) groups excluding carboxylic acids is 3. The third kappa shape index (κ3) is 8.82. The van der Waals surface area contributed by atoms with Gasteiger partial charge in [-0.2, -0.15) is 0 Å². The zero-order valence-corrected chi connectivity index (χ0v) is 21.6. The molecular weight excluding hydrogens is 434 g/mol. The second-order valence-corrected chi connectivity index (χ2v) is 9.62. The molecule has 0 radical (unpaired) electrons. The average molecular weight is 476 g/mol. The zero-order valence-electron chi connectivity index (χ0n) is 21.6. The van der Waals surface area contributed by atoms with E-state index in [1.807, 2.05) is 45.9 Å². The van der Waals surface area contributed by atoms with Crippen LogP contribution in [0.15, 0.2) is 30.9 Å². The van der Waals surface area contributed by atoms with Crippen LogP contribution >= 0.6 is 0 Å². The van der Waals surface area contributed by atoms with Crippen LogP contribution in [0.5, 0.6) is 0 Å². The fourth-order valence-electron chi connectivity index (χ4n) is 3.63. The van der Waals surface area contributed by atoms with Crippen LogP contribution in [0.3, 0.4) is 0 Å². The van der Waals surface area contributed by atoms with Gasteiger partial charge in [0.15, 0.2) is 0 Å². The number of hydrogen-bond acceptors (Lipinski definition) is 5. The molecule has 0 aliphatic heterocycles. The van der Waals surface area contributed by atoms with E-state index in [0.29, 0.717) is 5.56 Å². The van der Waals surface area contributed by atoms with E-state index in [1.54, 1.807) is 20.8 Å². The van der Waals surface area contributed by atoms with Crippen molar-refractivity contribution in [3.8, 4) is 0 Å². The first-order valence-corrected chi connectivity index (χ1v) is 11.7. The Morgan fingerprint density at radius 3 is 2.38 bits per heavy atom. The molecule has 0 saturated carbocycles.